The van der Waals surface area contributed by atoms with Crippen LogP contribution in [0, 0.1) is 6.92 Å². The molecule has 0 radical (unpaired) electrons. The standard InChI is InChI=1S/C8H12N2O/c1-6-2-7(4-10-3-6)8(9)5-11/h2-4,8,11H,5,9H2,1H3/t8-/m1/s1. The number of aliphatic hydroxyl groups is 1. The van der Waals surface area contributed by atoms with Crippen molar-refractivity contribution in [1.82, 2.24) is 4.98 Å². The first-order valence-corrected chi connectivity index (χ1v) is 3.52. The zero-order valence-electron chi connectivity index (χ0n) is 6.49. The Morgan fingerprint density at radius 2 is 2.36 bits per heavy atom. The molecule has 0 aromatic carbocycles. The highest BCUT2D eigenvalue weighted by atomic mass is 16.3. The van der Waals surface area contributed by atoms with Gasteiger partial charge in [0, 0.05) is 12.4 Å². The molecule has 0 saturated heterocycles. The van der Waals surface area contributed by atoms with Crippen LogP contribution in [0.3, 0.4) is 0 Å². The van der Waals surface area contributed by atoms with Crippen LogP contribution in [-0.4, -0.2) is 16.7 Å². The normalized spacial score (nSPS) is 13.0. The number of hydrogen-bond acceptors (Lipinski definition) is 3. The molecule has 1 heterocycles. The first kappa shape index (κ1) is 8.17. The average molecular weight is 152 g/mol. The minimum Gasteiger partial charge on any atom is -0.394 e. The maximum Gasteiger partial charge on any atom is 0.0624 e. The molecule has 0 saturated carbocycles. The number of nitrogens with two attached hydrogens (primary N) is 1. The number of pyridine rings is 1. The van der Waals surface area contributed by atoms with Crippen molar-refractivity contribution < 1.29 is 5.11 Å². The molecule has 1 aromatic rings. The summed E-state index contributed by atoms with van der Waals surface area (Å²) in [4.78, 5) is 3.96. The van der Waals surface area contributed by atoms with Gasteiger partial charge in [-0.1, -0.05) is 6.07 Å². The van der Waals surface area contributed by atoms with E-state index in [0.29, 0.717) is 0 Å². The topological polar surface area (TPSA) is 59.1 Å². The van der Waals surface area contributed by atoms with Gasteiger partial charge in [0.15, 0.2) is 0 Å². The summed E-state index contributed by atoms with van der Waals surface area (Å²) in [6.45, 7) is 1.91. The van der Waals surface area contributed by atoms with Crippen molar-refractivity contribution in [2.75, 3.05) is 6.61 Å². The molecular weight excluding hydrogens is 140 g/mol. The summed E-state index contributed by atoms with van der Waals surface area (Å²) in [5.74, 6) is 0. The summed E-state index contributed by atoms with van der Waals surface area (Å²) in [7, 11) is 0. The maximum absolute atomic E-state index is 8.73. The minimum atomic E-state index is -0.303. The second kappa shape index (κ2) is 3.46. The third kappa shape index (κ3) is 2.00. The van der Waals surface area contributed by atoms with E-state index >= 15 is 0 Å². The van der Waals surface area contributed by atoms with Crippen molar-refractivity contribution in [2.24, 2.45) is 5.73 Å². The zero-order valence-corrected chi connectivity index (χ0v) is 6.49. The molecular formula is C8H12N2O. The van der Waals surface area contributed by atoms with Gasteiger partial charge in [-0.3, -0.25) is 4.98 Å². The van der Waals surface area contributed by atoms with Crippen LogP contribution in [0.2, 0.25) is 0 Å². The van der Waals surface area contributed by atoms with E-state index in [4.69, 9.17) is 10.8 Å². The van der Waals surface area contributed by atoms with Crippen molar-refractivity contribution >= 4 is 0 Å². The Bertz CT molecular complexity index is 237. The summed E-state index contributed by atoms with van der Waals surface area (Å²) in [5, 5.41) is 8.73. The second-order valence-corrected chi connectivity index (χ2v) is 2.58. The highest BCUT2D eigenvalue weighted by molar-refractivity contribution is 5.19. The van der Waals surface area contributed by atoms with Gasteiger partial charge in [0.1, 0.15) is 0 Å². The number of aliphatic hydroxyl groups excluding tert-OH is 1. The molecule has 0 bridgehead atoms. The van der Waals surface area contributed by atoms with Crippen LogP contribution in [0.25, 0.3) is 0 Å². The summed E-state index contributed by atoms with van der Waals surface area (Å²) in [6.07, 6.45) is 3.43. The lowest BCUT2D eigenvalue weighted by atomic mass is 10.1. The lowest BCUT2D eigenvalue weighted by molar-refractivity contribution is 0.268. The van der Waals surface area contributed by atoms with Crippen LogP contribution >= 0.6 is 0 Å². The van der Waals surface area contributed by atoms with Crippen LogP contribution in [0.5, 0.6) is 0 Å². The van der Waals surface area contributed by atoms with Crippen molar-refractivity contribution in [2.45, 2.75) is 13.0 Å². The van der Waals surface area contributed by atoms with Gasteiger partial charge in [-0.15, -0.1) is 0 Å². The molecule has 0 aliphatic heterocycles. The molecule has 0 unspecified atom stereocenters. The maximum atomic E-state index is 8.73. The molecule has 60 valence electrons. The summed E-state index contributed by atoms with van der Waals surface area (Å²) in [5.41, 5.74) is 7.52. The number of aryl methyl sites for hydroxylation is 1. The van der Waals surface area contributed by atoms with E-state index in [0.717, 1.165) is 11.1 Å². The van der Waals surface area contributed by atoms with Crippen molar-refractivity contribution in [1.29, 1.82) is 0 Å². The Labute approximate surface area is 65.9 Å². The second-order valence-electron chi connectivity index (χ2n) is 2.58. The Kier molecular flexibility index (Phi) is 2.57. The van der Waals surface area contributed by atoms with Crippen molar-refractivity contribution in [3.8, 4) is 0 Å². The fourth-order valence-electron chi connectivity index (χ4n) is 0.887. The van der Waals surface area contributed by atoms with Gasteiger partial charge in [0.2, 0.25) is 0 Å². The van der Waals surface area contributed by atoms with Gasteiger partial charge < -0.3 is 10.8 Å². The third-order valence-corrected chi connectivity index (χ3v) is 1.52. The Balaban J connectivity index is 2.86. The number of rotatable bonds is 2. The van der Waals surface area contributed by atoms with E-state index in [1.165, 1.54) is 0 Å². The summed E-state index contributed by atoms with van der Waals surface area (Å²) >= 11 is 0. The Morgan fingerprint density at radius 1 is 1.64 bits per heavy atom. The third-order valence-electron chi connectivity index (χ3n) is 1.52. The van der Waals surface area contributed by atoms with Crippen LogP contribution < -0.4 is 5.73 Å². The molecule has 3 N–H and O–H groups in total. The van der Waals surface area contributed by atoms with Gasteiger partial charge in [-0.2, -0.15) is 0 Å². The molecule has 1 atom stereocenters. The smallest absolute Gasteiger partial charge is 0.0624 e. The van der Waals surface area contributed by atoms with E-state index < -0.39 is 0 Å². The van der Waals surface area contributed by atoms with Crippen molar-refractivity contribution in [3.63, 3.8) is 0 Å². The highest BCUT2D eigenvalue weighted by Crippen LogP contribution is 2.08. The van der Waals surface area contributed by atoms with Crippen molar-refractivity contribution in [3.05, 3.63) is 29.6 Å². The largest absolute Gasteiger partial charge is 0.394 e. The number of nitrogens with zero attached hydrogens (tertiary/aromatic N) is 1. The lowest BCUT2D eigenvalue weighted by Crippen LogP contribution is -2.14. The number of aromatic nitrogens is 1. The zero-order chi connectivity index (χ0) is 8.27. The van der Waals surface area contributed by atoms with Gasteiger partial charge >= 0.3 is 0 Å². The van der Waals surface area contributed by atoms with E-state index in [1.54, 1.807) is 12.4 Å². The van der Waals surface area contributed by atoms with Crippen LogP contribution in [-0.2, 0) is 0 Å². The monoisotopic (exact) mass is 152 g/mol. The predicted octanol–water partition coefficient (Wildman–Crippen LogP) is 0.382. The Hall–Kier alpha value is -0.930. The molecule has 1 aromatic heterocycles. The quantitative estimate of drug-likeness (QED) is 0.644. The molecule has 3 heteroatoms. The first-order chi connectivity index (χ1) is 5.24. The fourth-order valence-corrected chi connectivity index (χ4v) is 0.887. The molecule has 0 spiro atoms. The van der Waals surface area contributed by atoms with Gasteiger partial charge in [0.25, 0.3) is 0 Å². The molecule has 3 nitrogen and oxygen atoms in total. The summed E-state index contributed by atoms with van der Waals surface area (Å²) < 4.78 is 0. The molecule has 11 heavy (non-hydrogen) atoms. The van der Waals surface area contributed by atoms with Crippen LogP contribution in [0.4, 0.5) is 0 Å². The van der Waals surface area contributed by atoms with Crippen LogP contribution in [0.1, 0.15) is 17.2 Å². The molecule has 0 aliphatic rings. The summed E-state index contributed by atoms with van der Waals surface area (Å²) in [6, 6.07) is 1.62. The highest BCUT2D eigenvalue weighted by Gasteiger charge is 2.03. The van der Waals surface area contributed by atoms with E-state index in [1.807, 2.05) is 13.0 Å². The minimum absolute atomic E-state index is 0.0366. The fraction of sp³-hybridized carbons (Fsp3) is 0.375. The first-order valence-electron chi connectivity index (χ1n) is 3.52. The molecule has 0 aliphatic carbocycles. The van der Waals surface area contributed by atoms with Gasteiger partial charge in [-0.25, -0.2) is 0 Å². The van der Waals surface area contributed by atoms with Gasteiger partial charge in [0.05, 0.1) is 12.6 Å². The predicted molar refractivity (Wildman–Crippen MR) is 43.0 cm³/mol. The molecule has 0 amide bonds. The van der Waals surface area contributed by atoms with Gasteiger partial charge in [-0.05, 0) is 18.1 Å². The van der Waals surface area contributed by atoms with E-state index in [-0.39, 0.29) is 12.6 Å². The number of hydrogen-bond donors (Lipinski definition) is 2. The molecule has 0 fully saturated rings. The van der Waals surface area contributed by atoms with E-state index in [9.17, 15) is 0 Å². The lowest BCUT2D eigenvalue weighted by Gasteiger charge is -2.07. The average Bonchev–Trinajstić information content (AvgIpc) is 2.03. The van der Waals surface area contributed by atoms with Crippen LogP contribution in [0.15, 0.2) is 18.5 Å². The molecule has 1 rings (SSSR count). The SMILES string of the molecule is Cc1cncc([C@H](N)CO)c1. The van der Waals surface area contributed by atoms with E-state index in [2.05, 4.69) is 4.98 Å². The Morgan fingerprint density at radius 3 is 2.91 bits per heavy atom.